The molecule has 23 heavy (non-hydrogen) atoms. The van der Waals surface area contributed by atoms with E-state index in [1.54, 1.807) is 12.2 Å². The molecule has 1 heterocycles. The number of carbonyl (C=O) groups excluding carboxylic acids is 2. The first kappa shape index (κ1) is 17.7. The fraction of sp³-hybridized carbons (Fsp3) is 0.368. The molecule has 2 rings (SSSR count). The maximum absolute atomic E-state index is 12.7. The van der Waals surface area contributed by atoms with Crippen molar-refractivity contribution in [3.8, 4) is 0 Å². The van der Waals surface area contributed by atoms with Crippen LogP contribution in [0.4, 0.5) is 0 Å². The van der Waals surface area contributed by atoms with Gasteiger partial charge in [-0.05, 0) is 49.1 Å². The minimum absolute atomic E-state index is 0.116. The van der Waals surface area contributed by atoms with Crippen LogP contribution in [-0.2, 0) is 14.3 Å². The number of carbonyl (C=O) groups is 2. The lowest BCUT2D eigenvalue weighted by Gasteiger charge is -2.15. The van der Waals surface area contributed by atoms with Gasteiger partial charge in [0, 0.05) is 10.9 Å². The maximum Gasteiger partial charge on any atom is 0.230 e. The van der Waals surface area contributed by atoms with Gasteiger partial charge in [-0.15, -0.1) is 0 Å². The standard InChI is InChI=1S/C19H21BrO3/c1-2-3-6-17(21)16(13-14-8-10-15(20)11-9-14)19(22)18-7-4-5-12-23-18/h7-11,13H,2-6,12H2,1H3/b16-13+. The maximum atomic E-state index is 12.7. The molecule has 0 unspecified atom stereocenters. The molecule has 0 spiro atoms. The highest BCUT2D eigenvalue weighted by Gasteiger charge is 2.23. The van der Waals surface area contributed by atoms with E-state index in [1.807, 2.05) is 31.2 Å². The molecule has 0 fully saturated rings. The predicted octanol–water partition coefficient (Wildman–Crippen LogP) is 4.86. The van der Waals surface area contributed by atoms with E-state index in [0.29, 0.717) is 18.8 Å². The molecule has 1 aromatic carbocycles. The van der Waals surface area contributed by atoms with E-state index in [1.165, 1.54) is 0 Å². The first-order chi connectivity index (χ1) is 11.1. The summed E-state index contributed by atoms with van der Waals surface area (Å²) < 4.78 is 6.40. The molecule has 0 amide bonds. The number of Topliss-reactive ketones (excluding diaryl/α,β-unsaturated/α-hetero) is 2. The average molecular weight is 377 g/mol. The van der Waals surface area contributed by atoms with Gasteiger partial charge in [0.25, 0.3) is 0 Å². The first-order valence-corrected chi connectivity index (χ1v) is 8.79. The van der Waals surface area contributed by atoms with E-state index in [0.717, 1.165) is 35.7 Å². The zero-order chi connectivity index (χ0) is 16.7. The van der Waals surface area contributed by atoms with E-state index in [9.17, 15) is 9.59 Å². The van der Waals surface area contributed by atoms with Crippen molar-refractivity contribution >= 4 is 33.6 Å². The van der Waals surface area contributed by atoms with Crippen molar-refractivity contribution < 1.29 is 14.3 Å². The number of unbranched alkanes of at least 4 members (excludes halogenated alkanes) is 1. The number of benzene rings is 1. The Morgan fingerprint density at radius 2 is 2.00 bits per heavy atom. The van der Waals surface area contributed by atoms with E-state index in [4.69, 9.17) is 4.74 Å². The molecule has 1 aliphatic heterocycles. The van der Waals surface area contributed by atoms with Crippen molar-refractivity contribution in [2.75, 3.05) is 6.61 Å². The highest BCUT2D eigenvalue weighted by molar-refractivity contribution is 9.10. The van der Waals surface area contributed by atoms with Gasteiger partial charge >= 0.3 is 0 Å². The van der Waals surface area contributed by atoms with Crippen LogP contribution in [0.3, 0.4) is 0 Å². The lowest BCUT2D eigenvalue weighted by atomic mass is 9.97. The molecule has 0 atom stereocenters. The second-order valence-electron chi connectivity index (χ2n) is 5.52. The van der Waals surface area contributed by atoms with Crippen molar-refractivity contribution in [2.45, 2.75) is 39.0 Å². The molecule has 0 aromatic heterocycles. The fourth-order valence-electron chi connectivity index (χ4n) is 2.32. The van der Waals surface area contributed by atoms with E-state index in [2.05, 4.69) is 15.9 Å². The van der Waals surface area contributed by atoms with Crippen LogP contribution in [0.2, 0.25) is 0 Å². The van der Waals surface area contributed by atoms with Gasteiger partial charge in [-0.25, -0.2) is 0 Å². The minimum Gasteiger partial charge on any atom is -0.490 e. The van der Waals surface area contributed by atoms with E-state index in [-0.39, 0.29) is 17.1 Å². The summed E-state index contributed by atoms with van der Waals surface area (Å²) in [5.74, 6) is -0.104. The lowest BCUT2D eigenvalue weighted by Crippen LogP contribution is -2.18. The molecule has 0 radical (unpaired) electrons. The van der Waals surface area contributed by atoms with E-state index >= 15 is 0 Å². The first-order valence-electron chi connectivity index (χ1n) is 8.00. The molecule has 4 heteroatoms. The predicted molar refractivity (Wildman–Crippen MR) is 94.9 cm³/mol. The number of allylic oxidation sites excluding steroid dienone is 2. The third-order valence-corrected chi connectivity index (χ3v) is 4.17. The minimum atomic E-state index is -0.297. The highest BCUT2D eigenvalue weighted by Crippen LogP contribution is 2.20. The third-order valence-electron chi connectivity index (χ3n) is 3.64. The monoisotopic (exact) mass is 376 g/mol. The topological polar surface area (TPSA) is 43.4 Å². The molecule has 0 saturated carbocycles. The van der Waals surface area contributed by atoms with Crippen molar-refractivity contribution in [1.82, 2.24) is 0 Å². The van der Waals surface area contributed by atoms with Crippen LogP contribution in [0.25, 0.3) is 6.08 Å². The number of ether oxygens (including phenoxy) is 1. The zero-order valence-electron chi connectivity index (χ0n) is 13.3. The molecule has 3 nitrogen and oxygen atoms in total. The Kier molecular flexibility index (Phi) is 6.78. The number of hydrogen-bond acceptors (Lipinski definition) is 3. The molecule has 1 aliphatic rings. The lowest BCUT2D eigenvalue weighted by molar-refractivity contribution is -0.121. The molecule has 0 saturated heterocycles. The summed E-state index contributed by atoms with van der Waals surface area (Å²) in [4.78, 5) is 25.2. The fourth-order valence-corrected chi connectivity index (χ4v) is 2.58. The van der Waals surface area contributed by atoms with Crippen LogP contribution in [0.15, 0.2) is 46.1 Å². The van der Waals surface area contributed by atoms with Gasteiger partial charge in [0.15, 0.2) is 11.5 Å². The molecule has 0 bridgehead atoms. The van der Waals surface area contributed by atoms with Crippen molar-refractivity contribution in [3.05, 3.63) is 51.7 Å². The van der Waals surface area contributed by atoms with Crippen LogP contribution in [0, 0.1) is 0 Å². The summed E-state index contributed by atoms with van der Waals surface area (Å²) in [5.41, 5.74) is 1.05. The smallest absolute Gasteiger partial charge is 0.230 e. The molecular weight excluding hydrogens is 356 g/mol. The van der Waals surface area contributed by atoms with Crippen LogP contribution >= 0.6 is 15.9 Å². The third kappa shape index (κ3) is 5.17. The van der Waals surface area contributed by atoms with Gasteiger partial charge < -0.3 is 4.74 Å². The second kappa shape index (κ2) is 8.82. The Hall–Kier alpha value is -1.68. The Morgan fingerprint density at radius 1 is 1.26 bits per heavy atom. The Labute approximate surface area is 145 Å². The molecule has 0 N–H and O–H groups in total. The summed E-state index contributed by atoms with van der Waals surface area (Å²) in [6.07, 6.45) is 7.27. The van der Waals surface area contributed by atoms with Crippen LogP contribution in [-0.4, -0.2) is 18.2 Å². The van der Waals surface area contributed by atoms with Crippen molar-refractivity contribution in [3.63, 3.8) is 0 Å². The van der Waals surface area contributed by atoms with Gasteiger partial charge in [-0.3, -0.25) is 9.59 Å². The number of halogens is 1. The second-order valence-corrected chi connectivity index (χ2v) is 6.44. The van der Waals surface area contributed by atoms with Gasteiger partial charge in [0.1, 0.15) is 0 Å². The summed E-state index contributed by atoms with van der Waals surface area (Å²) in [6.45, 7) is 2.56. The SMILES string of the molecule is CCCCC(=O)/C(=C\c1ccc(Br)cc1)C(=O)C1=CCCCO1. The Bertz CT molecular complexity index is 627. The molecular formula is C19H21BrO3. The summed E-state index contributed by atoms with van der Waals surface area (Å²) >= 11 is 3.38. The Balaban J connectivity index is 2.30. The number of rotatable bonds is 7. The van der Waals surface area contributed by atoms with E-state index < -0.39 is 0 Å². The van der Waals surface area contributed by atoms with Crippen LogP contribution in [0.1, 0.15) is 44.6 Å². The largest absolute Gasteiger partial charge is 0.490 e. The van der Waals surface area contributed by atoms with Gasteiger partial charge in [-0.2, -0.15) is 0 Å². The van der Waals surface area contributed by atoms with Crippen molar-refractivity contribution in [2.24, 2.45) is 0 Å². The summed E-state index contributed by atoms with van der Waals surface area (Å²) in [7, 11) is 0. The quantitative estimate of drug-likeness (QED) is 0.387. The van der Waals surface area contributed by atoms with Crippen molar-refractivity contribution in [1.29, 1.82) is 0 Å². The average Bonchev–Trinajstić information content (AvgIpc) is 2.59. The molecule has 0 aliphatic carbocycles. The van der Waals surface area contributed by atoms with Crippen LogP contribution < -0.4 is 0 Å². The number of hydrogen-bond donors (Lipinski definition) is 0. The van der Waals surface area contributed by atoms with Gasteiger partial charge in [0.2, 0.25) is 5.78 Å². The molecule has 1 aromatic rings. The molecule has 122 valence electrons. The number of ketones is 2. The van der Waals surface area contributed by atoms with Gasteiger partial charge in [0.05, 0.1) is 12.2 Å². The highest BCUT2D eigenvalue weighted by atomic mass is 79.9. The summed E-state index contributed by atoms with van der Waals surface area (Å²) in [6, 6.07) is 7.53. The normalized spacial score (nSPS) is 14.9. The Morgan fingerprint density at radius 3 is 2.61 bits per heavy atom. The zero-order valence-corrected chi connectivity index (χ0v) is 14.9. The van der Waals surface area contributed by atoms with Gasteiger partial charge in [-0.1, -0.05) is 41.4 Å². The van der Waals surface area contributed by atoms with Crippen LogP contribution in [0.5, 0.6) is 0 Å². The summed E-state index contributed by atoms with van der Waals surface area (Å²) in [5, 5.41) is 0.